The van der Waals surface area contributed by atoms with E-state index in [0.717, 1.165) is 14.8 Å². The third-order valence-electron chi connectivity index (χ3n) is 5.26. The van der Waals surface area contributed by atoms with Crippen molar-refractivity contribution in [1.82, 2.24) is 24.5 Å². The molecule has 0 N–H and O–H groups in total. The van der Waals surface area contributed by atoms with Crippen LogP contribution in [-0.2, 0) is 18.3 Å². The molecule has 1 amide bonds. The standard InChI is InChI=1S/C23H21ClN6O4/c1-14-7-9-16(10-8-14)30-23(33)29(3)22(32)20(26-30)21-25-18(34-27-21)11-12-19(31)28(2)17-6-4-5-15(24)13-17/h4-10,13H,11-12H2,1-3H3. The molecule has 0 bridgehead atoms. The molecule has 11 heteroatoms. The van der Waals surface area contributed by atoms with Gasteiger partial charge in [0.05, 0.1) is 5.69 Å². The third kappa shape index (κ3) is 4.67. The van der Waals surface area contributed by atoms with E-state index in [-0.39, 0.29) is 36.2 Å². The zero-order valence-electron chi connectivity index (χ0n) is 18.7. The van der Waals surface area contributed by atoms with E-state index in [9.17, 15) is 14.4 Å². The molecule has 0 saturated carbocycles. The fourth-order valence-electron chi connectivity index (χ4n) is 3.23. The van der Waals surface area contributed by atoms with Gasteiger partial charge in [0, 0.05) is 37.6 Å². The number of anilines is 1. The SMILES string of the molecule is Cc1ccc(-n2nc(-c3noc(CCC(=O)N(C)c4cccc(Cl)c4)n3)c(=O)n(C)c2=O)cc1. The van der Waals surface area contributed by atoms with E-state index in [0.29, 0.717) is 16.4 Å². The van der Waals surface area contributed by atoms with Gasteiger partial charge in [0.15, 0.2) is 5.69 Å². The highest BCUT2D eigenvalue weighted by molar-refractivity contribution is 6.30. The van der Waals surface area contributed by atoms with Gasteiger partial charge in [-0.1, -0.05) is 40.5 Å². The Morgan fingerprint density at radius 3 is 2.59 bits per heavy atom. The second kappa shape index (κ2) is 9.44. The zero-order chi connectivity index (χ0) is 24.4. The van der Waals surface area contributed by atoms with Gasteiger partial charge in [0.2, 0.25) is 17.6 Å². The van der Waals surface area contributed by atoms with Gasteiger partial charge in [0.25, 0.3) is 5.56 Å². The summed E-state index contributed by atoms with van der Waals surface area (Å²) in [5.74, 6) is -0.0733. The lowest BCUT2D eigenvalue weighted by atomic mass is 10.2. The minimum atomic E-state index is -0.655. The maximum atomic E-state index is 12.7. The van der Waals surface area contributed by atoms with Crippen LogP contribution in [0.1, 0.15) is 17.9 Å². The Hall–Kier alpha value is -4.05. The van der Waals surface area contributed by atoms with Crippen molar-refractivity contribution >= 4 is 23.2 Å². The predicted molar refractivity (Wildman–Crippen MR) is 126 cm³/mol. The Labute approximate surface area is 199 Å². The Kier molecular flexibility index (Phi) is 6.42. The summed E-state index contributed by atoms with van der Waals surface area (Å²) in [4.78, 5) is 43.5. The molecule has 174 valence electrons. The number of aromatic nitrogens is 5. The first kappa shape index (κ1) is 23.1. The smallest absolute Gasteiger partial charge is 0.339 e. The van der Waals surface area contributed by atoms with Crippen LogP contribution in [0.2, 0.25) is 5.02 Å². The largest absolute Gasteiger partial charge is 0.351 e. The lowest BCUT2D eigenvalue weighted by molar-refractivity contribution is -0.118. The molecule has 0 radical (unpaired) electrons. The van der Waals surface area contributed by atoms with Crippen LogP contribution in [-0.4, -0.2) is 37.4 Å². The summed E-state index contributed by atoms with van der Waals surface area (Å²) < 4.78 is 7.27. The predicted octanol–water partition coefficient (Wildman–Crippen LogP) is 2.54. The van der Waals surface area contributed by atoms with Crippen molar-refractivity contribution in [2.45, 2.75) is 19.8 Å². The van der Waals surface area contributed by atoms with E-state index >= 15 is 0 Å². The molecule has 4 aromatic rings. The first-order valence-corrected chi connectivity index (χ1v) is 10.7. The number of halogens is 1. The number of hydrogen-bond donors (Lipinski definition) is 0. The van der Waals surface area contributed by atoms with Gasteiger partial charge in [-0.05, 0) is 37.3 Å². The lowest BCUT2D eigenvalue weighted by Gasteiger charge is -2.17. The van der Waals surface area contributed by atoms with Gasteiger partial charge in [-0.15, -0.1) is 0 Å². The number of rotatable bonds is 6. The average Bonchev–Trinajstić information content (AvgIpc) is 3.30. The van der Waals surface area contributed by atoms with Crippen molar-refractivity contribution in [2.24, 2.45) is 7.05 Å². The molecule has 0 unspecified atom stereocenters. The van der Waals surface area contributed by atoms with Crippen molar-refractivity contribution in [3.8, 4) is 17.2 Å². The molecule has 0 aliphatic carbocycles. The normalized spacial score (nSPS) is 10.9. The van der Waals surface area contributed by atoms with Crippen LogP contribution in [0.3, 0.4) is 0 Å². The van der Waals surface area contributed by atoms with E-state index in [1.54, 1.807) is 43.4 Å². The average molecular weight is 481 g/mol. The minimum Gasteiger partial charge on any atom is -0.339 e. The summed E-state index contributed by atoms with van der Waals surface area (Å²) in [6.45, 7) is 1.92. The molecule has 4 rings (SSSR count). The monoisotopic (exact) mass is 480 g/mol. The maximum Gasteiger partial charge on any atom is 0.351 e. The summed E-state index contributed by atoms with van der Waals surface area (Å²) in [7, 11) is 3.00. The highest BCUT2D eigenvalue weighted by Gasteiger charge is 2.20. The third-order valence-corrected chi connectivity index (χ3v) is 5.49. The van der Waals surface area contributed by atoms with Crippen LogP contribution in [0.5, 0.6) is 0 Å². The van der Waals surface area contributed by atoms with Crippen LogP contribution in [0.25, 0.3) is 17.2 Å². The Morgan fingerprint density at radius 2 is 1.88 bits per heavy atom. The van der Waals surface area contributed by atoms with Crippen molar-refractivity contribution in [2.75, 3.05) is 11.9 Å². The maximum absolute atomic E-state index is 12.7. The van der Waals surface area contributed by atoms with E-state index < -0.39 is 11.2 Å². The molecule has 0 atom stereocenters. The molecule has 0 aliphatic rings. The molecule has 10 nitrogen and oxygen atoms in total. The number of aryl methyl sites for hydroxylation is 2. The Balaban J connectivity index is 1.56. The first-order valence-electron chi connectivity index (χ1n) is 10.4. The number of nitrogens with zero attached hydrogens (tertiary/aromatic N) is 6. The molecule has 0 spiro atoms. The lowest BCUT2D eigenvalue weighted by Crippen LogP contribution is -2.40. The topological polar surface area (TPSA) is 116 Å². The van der Waals surface area contributed by atoms with Gasteiger partial charge in [-0.2, -0.15) is 14.8 Å². The van der Waals surface area contributed by atoms with Gasteiger partial charge >= 0.3 is 5.69 Å². The van der Waals surface area contributed by atoms with Crippen LogP contribution in [0.15, 0.2) is 62.6 Å². The Morgan fingerprint density at radius 1 is 1.15 bits per heavy atom. The van der Waals surface area contributed by atoms with Crippen molar-refractivity contribution in [1.29, 1.82) is 0 Å². The van der Waals surface area contributed by atoms with Crippen LogP contribution in [0, 0.1) is 6.92 Å². The van der Waals surface area contributed by atoms with Crippen molar-refractivity contribution in [3.63, 3.8) is 0 Å². The van der Waals surface area contributed by atoms with E-state index in [4.69, 9.17) is 16.1 Å². The highest BCUT2D eigenvalue weighted by Crippen LogP contribution is 2.19. The van der Waals surface area contributed by atoms with Crippen molar-refractivity contribution < 1.29 is 9.32 Å². The van der Waals surface area contributed by atoms with Gasteiger partial charge in [0.1, 0.15) is 0 Å². The molecular formula is C23H21ClN6O4. The van der Waals surface area contributed by atoms with Gasteiger partial charge in [-0.25, -0.2) is 4.79 Å². The molecule has 2 heterocycles. The van der Waals surface area contributed by atoms with E-state index in [1.165, 1.54) is 11.9 Å². The molecule has 0 saturated heterocycles. The molecule has 2 aromatic carbocycles. The fourth-order valence-corrected chi connectivity index (χ4v) is 3.42. The molecule has 0 aliphatic heterocycles. The van der Waals surface area contributed by atoms with Crippen LogP contribution >= 0.6 is 11.6 Å². The molecular weight excluding hydrogens is 460 g/mol. The number of carbonyl (C=O) groups excluding carboxylic acids is 1. The number of benzene rings is 2. The number of hydrogen-bond acceptors (Lipinski definition) is 7. The van der Waals surface area contributed by atoms with E-state index in [1.807, 2.05) is 19.1 Å². The summed E-state index contributed by atoms with van der Waals surface area (Å²) in [6.07, 6.45) is 0.258. The summed E-state index contributed by atoms with van der Waals surface area (Å²) in [6, 6.07) is 14.1. The van der Waals surface area contributed by atoms with Crippen LogP contribution < -0.4 is 16.1 Å². The molecule has 2 aromatic heterocycles. The molecule has 34 heavy (non-hydrogen) atoms. The Bertz CT molecular complexity index is 1470. The summed E-state index contributed by atoms with van der Waals surface area (Å²) in [5.41, 5.74) is 0.772. The van der Waals surface area contributed by atoms with E-state index in [2.05, 4.69) is 15.2 Å². The first-order chi connectivity index (χ1) is 16.2. The second-order valence-electron chi connectivity index (χ2n) is 7.69. The van der Waals surface area contributed by atoms with Gasteiger partial charge in [-0.3, -0.25) is 14.2 Å². The minimum absolute atomic E-state index is 0.0629. The van der Waals surface area contributed by atoms with Crippen molar-refractivity contribution in [3.05, 3.63) is 85.8 Å². The number of carbonyl (C=O) groups is 1. The zero-order valence-corrected chi connectivity index (χ0v) is 19.5. The quantitative estimate of drug-likeness (QED) is 0.416. The van der Waals surface area contributed by atoms with Crippen LogP contribution in [0.4, 0.5) is 5.69 Å². The van der Waals surface area contributed by atoms with Gasteiger partial charge < -0.3 is 9.42 Å². The number of amides is 1. The summed E-state index contributed by atoms with van der Waals surface area (Å²) in [5, 5.41) is 8.55. The highest BCUT2D eigenvalue weighted by atomic mass is 35.5. The molecule has 0 fully saturated rings. The summed E-state index contributed by atoms with van der Waals surface area (Å²) >= 11 is 5.99. The fraction of sp³-hybridized carbons (Fsp3) is 0.217. The second-order valence-corrected chi connectivity index (χ2v) is 8.12.